The van der Waals surface area contributed by atoms with Gasteiger partial charge in [-0.15, -0.1) is 0 Å². The van der Waals surface area contributed by atoms with Crippen molar-refractivity contribution in [2.45, 2.75) is 38.6 Å². The number of methoxy groups -OCH3 is 1. The Kier molecular flexibility index (Phi) is 4.80. The summed E-state index contributed by atoms with van der Waals surface area (Å²) in [5.74, 6) is 0.884. The first-order chi connectivity index (χ1) is 9.10. The van der Waals surface area contributed by atoms with Gasteiger partial charge in [-0.05, 0) is 31.5 Å². The van der Waals surface area contributed by atoms with Crippen molar-refractivity contribution >= 4 is 0 Å². The predicted molar refractivity (Wildman–Crippen MR) is 76.3 cm³/mol. The van der Waals surface area contributed by atoms with Gasteiger partial charge < -0.3 is 15.2 Å². The number of rotatable bonds is 4. The van der Waals surface area contributed by atoms with E-state index in [1.54, 1.807) is 7.11 Å². The molecule has 2 rings (SSSR count). The summed E-state index contributed by atoms with van der Waals surface area (Å²) < 4.78 is 5.26. The lowest BCUT2D eigenvalue weighted by Crippen LogP contribution is -2.58. The molecule has 4 heteroatoms. The molecule has 106 valence electrons. The Morgan fingerprint density at radius 3 is 3.00 bits per heavy atom. The fourth-order valence-electron chi connectivity index (χ4n) is 2.67. The van der Waals surface area contributed by atoms with E-state index in [9.17, 15) is 5.11 Å². The van der Waals surface area contributed by atoms with Gasteiger partial charge in [0.25, 0.3) is 0 Å². The molecule has 0 amide bonds. The summed E-state index contributed by atoms with van der Waals surface area (Å²) in [4.78, 5) is 2.35. The predicted octanol–water partition coefficient (Wildman–Crippen LogP) is 1.24. The van der Waals surface area contributed by atoms with E-state index >= 15 is 0 Å². The first kappa shape index (κ1) is 14.3. The summed E-state index contributed by atoms with van der Waals surface area (Å²) in [5.41, 5.74) is 1.22. The van der Waals surface area contributed by atoms with Crippen LogP contribution in [0.1, 0.15) is 19.4 Å². The molecule has 0 saturated carbocycles. The van der Waals surface area contributed by atoms with Crippen LogP contribution in [0.3, 0.4) is 0 Å². The second kappa shape index (κ2) is 6.37. The van der Waals surface area contributed by atoms with Crippen molar-refractivity contribution in [3.63, 3.8) is 0 Å². The fourth-order valence-corrected chi connectivity index (χ4v) is 2.67. The highest BCUT2D eigenvalue weighted by atomic mass is 16.5. The molecule has 3 atom stereocenters. The molecule has 19 heavy (non-hydrogen) atoms. The summed E-state index contributed by atoms with van der Waals surface area (Å²) >= 11 is 0. The molecular formula is C15H24N2O2. The van der Waals surface area contributed by atoms with Crippen LogP contribution < -0.4 is 10.1 Å². The van der Waals surface area contributed by atoms with Crippen molar-refractivity contribution in [2.75, 3.05) is 20.2 Å². The third kappa shape index (κ3) is 3.69. The van der Waals surface area contributed by atoms with Gasteiger partial charge in [-0.2, -0.15) is 0 Å². The van der Waals surface area contributed by atoms with E-state index in [1.807, 2.05) is 19.1 Å². The van der Waals surface area contributed by atoms with Crippen LogP contribution in [0.15, 0.2) is 24.3 Å². The minimum Gasteiger partial charge on any atom is -0.497 e. The number of benzene rings is 1. The standard InChI is InChI=1S/C15H24N2O2/c1-11-9-17(15(8-16-11)12(2)18)10-13-5-4-6-14(7-13)19-3/h4-7,11-12,15-16,18H,8-10H2,1-3H3/t11-,12-,15?/m0/s1. The van der Waals surface area contributed by atoms with E-state index in [4.69, 9.17) is 4.74 Å². The van der Waals surface area contributed by atoms with Crippen LogP contribution in [-0.2, 0) is 6.54 Å². The van der Waals surface area contributed by atoms with Crippen LogP contribution in [0.4, 0.5) is 0 Å². The fraction of sp³-hybridized carbons (Fsp3) is 0.600. The molecule has 1 aromatic carbocycles. The first-order valence-electron chi connectivity index (χ1n) is 6.88. The summed E-state index contributed by atoms with van der Waals surface area (Å²) in [5, 5.41) is 13.3. The maximum absolute atomic E-state index is 9.91. The summed E-state index contributed by atoms with van der Waals surface area (Å²) in [6, 6.07) is 8.76. The van der Waals surface area contributed by atoms with E-state index in [0.717, 1.165) is 25.4 Å². The van der Waals surface area contributed by atoms with E-state index in [2.05, 4.69) is 29.3 Å². The van der Waals surface area contributed by atoms with E-state index in [-0.39, 0.29) is 12.1 Å². The lowest BCUT2D eigenvalue weighted by molar-refractivity contribution is 0.0291. The molecule has 1 saturated heterocycles. The number of aliphatic hydroxyl groups excluding tert-OH is 1. The number of aliphatic hydroxyl groups is 1. The Hall–Kier alpha value is -1.10. The van der Waals surface area contributed by atoms with Crippen molar-refractivity contribution < 1.29 is 9.84 Å². The number of nitrogens with one attached hydrogen (secondary N) is 1. The lowest BCUT2D eigenvalue weighted by atomic mass is 10.0. The number of piperazine rings is 1. The average Bonchev–Trinajstić information content (AvgIpc) is 2.38. The minimum atomic E-state index is -0.328. The van der Waals surface area contributed by atoms with Crippen LogP contribution in [0, 0.1) is 0 Å². The Morgan fingerprint density at radius 1 is 1.53 bits per heavy atom. The second-order valence-corrected chi connectivity index (χ2v) is 5.40. The molecule has 0 bridgehead atoms. The summed E-state index contributed by atoms with van der Waals surface area (Å²) in [7, 11) is 1.69. The highest BCUT2D eigenvalue weighted by molar-refractivity contribution is 5.28. The van der Waals surface area contributed by atoms with Gasteiger partial charge in [0.15, 0.2) is 0 Å². The molecule has 1 unspecified atom stereocenters. The normalized spacial score (nSPS) is 26.1. The molecule has 2 N–H and O–H groups in total. The third-order valence-corrected chi connectivity index (χ3v) is 3.73. The van der Waals surface area contributed by atoms with Gasteiger partial charge in [0.1, 0.15) is 5.75 Å². The number of hydrogen-bond acceptors (Lipinski definition) is 4. The van der Waals surface area contributed by atoms with Crippen LogP contribution >= 0.6 is 0 Å². The molecule has 4 nitrogen and oxygen atoms in total. The highest BCUT2D eigenvalue weighted by Gasteiger charge is 2.28. The van der Waals surface area contributed by atoms with Crippen LogP contribution in [0.25, 0.3) is 0 Å². The van der Waals surface area contributed by atoms with Crippen molar-refractivity contribution in [1.29, 1.82) is 0 Å². The number of hydrogen-bond donors (Lipinski definition) is 2. The molecule has 0 radical (unpaired) electrons. The lowest BCUT2D eigenvalue weighted by Gasteiger charge is -2.40. The Balaban J connectivity index is 2.09. The SMILES string of the molecule is COc1cccc(CN2C[C@H](C)NCC2[C@H](C)O)c1. The zero-order valence-corrected chi connectivity index (χ0v) is 12.0. The van der Waals surface area contributed by atoms with Crippen LogP contribution in [-0.4, -0.2) is 48.4 Å². The highest BCUT2D eigenvalue weighted by Crippen LogP contribution is 2.18. The van der Waals surface area contributed by atoms with Gasteiger partial charge >= 0.3 is 0 Å². The van der Waals surface area contributed by atoms with Gasteiger partial charge in [-0.3, -0.25) is 4.90 Å². The van der Waals surface area contributed by atoms with E-state index < -0.39 is 0 Å². The Bertz CT molecular complexity index is 409. The number of ether oxygens (including phenoxy) is 1. The third-order valence-electron chi connectivity index (χ3n) is 3.73. The van der Waals surface area contributed by atoms with Gasteiger partial charge in [0, 0.05) is 31.7 Å². The molecule has 0 aliphatic carbocycles. The van der Waals surface area contributed by atoms with Crippen LogP contribution in [0.2, 0.25) is 0 Å². The van der Waals surface area contributed by atoms with E-state index in [1.165, 1.54) is 5.56 Å². The number of nitrogens with zero attached hydrogens (tertiary/aromatic N) is 1. The summed E-state index contributed by atoms with van der Waals surface area (Å²) in [6.07, 6.45) is -0.328. The molecule has 0 aromatic heterocycles. The smallest absolute Gasteiger partial charge is 0.119 e. The second-order valence-electron chi connectivity index (χ2n) is 5.40. The molecule has 0 spiro atoms. The van der Waals surface area contributed by atoms with Gasteiger partial charge in [0.2, 0.25) is 0 Å². The minimum absolute atomic E-state index is 0.169. The quantitative estimate of drug-likeness (QED) is 0.859. The molecule has 1 fully saturated rings. The first-order valence-corrected chi connectivity index (χ1v) is 6.88. The largest absolute Gasteiger partial charge is 0.497 e. The molecule has 1 aliphatic heterocycles. The van der Waals surface area contributed by atoms with Gasteiger partial charge in [-0.25, -0.2) is 0 Å². The molecular weight excluding hydrogens is 240 g/mol. The Morgan fingerprint density at radius 2 is 2.32 bits per heavy atom. The monoisotopic (exact) mass is 264 g/mol. The summed E-state index contributed by atoms with van der Waals surface area (Å²) in [6.45, 7) is 6.67. The maximum Gasteiger partial charge on any atom is 0.119 e. The average molecular weight is 264 g/mol. The van der Waals surface area contributed by atoms with Crippen LogP contribution in [0.5, 0.6) is 5.75 Å². The van der Waals surface area contributed by atoms with Gasteiger partial charge in [0.05, 0.1) is 13.2 Å². The van der Waals surface area contributed by atoms with Crippen molar-refractivity contribution in [1.82, 2.24) is 10.2 Å². The van der Waals surface area contributed by atoms with E-state index in [0.29, 0.717) is 6.04 Å². The topological polar surface area (TPSA) is 44.7 Å². The molecule has 1 aliphatic rings. The van der Waals surface area contributed by atoms with Crippen molar-refractivity contribution in [3.8, 4) is 5.75 Å². The van der Waals surface area contributed by atoms with Crippen molar-refractivity contribution in [3.05, 3.63) is 29.8 Å². The van der Waals surface area contributed by atoms with Crippen molar-refractivity contribution in [2.24, 2.45) is 0 Å². The maximum atomic E-state index is 9.91. The van der Waals surface area contributed by atoms with Gasteiger partial charge in [-0.1, -0.05) is 12.1 Å². The Labute approximate surface area is 115 Å². The zero-order valence-electron chi connectivity index (χ0n) is 12.0. The molecule has 1 aromatic rings. The zero-order chi connectivity index (χ0) is 13.8. The molecule has 1 heterocycles.